The van der Waals surface area contributed by atoms with Crippen LogP contribution in [0.25, 0.3) is 0 Å². The first-order valence-corrected chi connectivity index (χ1v) is 10.1. The lowest BCUT2D eigenvalue weighted by molar-refractivity contribution is 0.268. The van der Waals surface area contributed by atoms with E-state index in [9.17, 15) is 0 Å². The van der Waals surface area contributed by atoms with E-state index in [0.29, 0.717) is 0 Å². The first kappa shape index (κ1) is 17.8. The highest BCUT2D eigenvalue weighted by Gasteiger charge is 2.20. The van der Waals surface area contributed by atoms with Gasteiger partial charge in [0.25, 0.3) is 0 Å². The minimum atomic E-state index is 0.897. The highest BCUT2D eigenvalue weighted by Crippen LogP contribution is 2.35. The third-order valence-corrected chi connectivity index (χ3v) is 6.19. The van der Waals surface area contributed by atoms with Crippen molar-refractivity contribution in [3.63, 3.8) is 0 Å². The fourth-order valence-electron chi connectivity index (χ4n) is 4.75. The second-order valence-corrected chi connectivity index (χ2v) is 7.90. The predicted octanol–water partition coefficient (Wildman–Crippen LogP) is 7.31. The minimum Gasteiger partial charge on any atom is -0.0914 e. The Morgan fingerprint density at radius 1 is 0.591 bits per heavy atom. The number of rotatable bonds is 7. The molecular formula is C22H38. The molecule has 0 aromatic carbocycles. The van der Waals surface area contributed by atoms with Crippen molar-refractivity contribution in [1.29, 1.82) is 0 Å². The fraction of sp³-hybridized carbons (Fsp3) is 0.818. The Balaban J connectivity index is 1.50. The number of unbranched alkanes of at least 4 members (excludes halogenated alkanes) is 1. The second-order valence-electron chi connectivity index (χ2n) is 7.90. The molecule has 2 fully saturated rings. The summed E-state index contributed by atoms with van der Waals surface area (Å²) in [4.78, 5) is 0. The zero-order chi connectivity index (χ0) is 15.6. The molecule has 0 nitrogen and oxygen atoms in total. The molecule has 0 aromatic heterocycles. The predicted molar refractivity (Wildman–Crippen MR) is 99.0 cm³/mol. The molecule has 2 saturated carbocycles. The van der Waals surface area contributed by atoms with Gasteiger partial charge in [0.15, 0.2) is 0 Å². The molecule has 0 aromatic rings. The summed E-state index contributed by atoms with van der Waals surface area (Å²) >= 11 is 0. The monoisotopic (exact) mass is 302 g/mol. The van der Waals surface area contributed by atoms with E-state index in [0.717, 1.165) is 23.7 Å². The third kappa shape index (κ3) is 6.31. The van der Waals surface area contributed by atoms with Crippen molar-refractivity contribution in [3.8, 4) is 0 Å². The van der Waals surface area contributed by atoms with Crippen molar-refractivity contribution >= 4 is 0 Å². The molecular weight excluding hydrogens is 264 g/mol. The molecule has 0 heterocycles. The SMILES string of the molecule is CC=CC1CCC(CCCCC2CCC(C=CC)CC2)CC1. The van der Waals surface area contributed by atoms with Gasteiger partial charge in [-0.05, 0) is 88.9 Å². The standard InChI is InChI=1S/C22H38/c1-3-7-19-11-15-21(16-12-19)9-5-6-10-22-17-13-20(8-4-2)14-18-22/h3-4,7-8,19-22H,5-6,9-18H2,1-2H3. The van der Waals surface area contributed by atoms with Crippen LogP contribution in [0.4, 0.5) is 0 Å². The van der Waals surface area contributed by atoms with Gasteiger partial charge in [0.1, 0.15) is 0 Å². The summed E-state index contributed by atoms with van der Waals surface area (Å²) in [6.07, 6.45) is 27.1. The molecule has 0 N–H and O–H groups in total. The topological polar surface area (TPSA) is 0 Å². The Morgan fingerprint density at radius 3 is 1.27 bits per heavy atom. The van der Waals surface area contributed by atoms with E-state index in [1.54, 1.807) is 0 Å². The molecule has 2 aliphatic rings. The van der Waals surface area contributed by atoms with Gasteiger partial charge in [-0.25, -0.2) is 0 Å². The van der Waals surface area contributed by atoms with Gasteiger partial charge >= 0.3 is 0 Å². The van der Waals surface area contributed by atoms with E-state index in [1.165, 1.54) is 77.0 Å². The lowest BCUT2D eigenvalue weighted by Crippen LogP contribution is -2.14. The average Bonchev–Trinajstić information content (AvgIpc) is 2.55. The van der Waals surface area contributed by atoms with Gasteiger partial charge in [-0.3, -0.25) is 0 Å². The van der Waals surface area contributed by atoms with Crippen LogP contribution in [0.3, 0.4) is 0 Å². The van der Waals surface area contributed by atoms with Crippen LogP contribution in [-0.4, -0.2) is 0 Å². The maximum atomic E-state index is 2.43. The lowest BCUT2D eigenvalue weighted by Gasteiger charge is -2.28. The maximum Gasteiger partial charge on any atom is -0.0233 e. The van der Waals surface area contributed by atoms with Gasteiger partial charge in [-0.15, -0.1) is 0 Å². The van der Waals surface area contributed by atoms with Gasteiger partial charge in [0, 0.05) is 0 Å². The Labute approximate surface area is 139 Å². The van der Waals surface area contributed by atoms with Gasteiger partial charge in [-0.1, -0.05) is 50.0 Å². The highest BCUT2D eigenvalue weighted by molar-refractivity contribution is 4.89. The zero-order valence-corrected chi connectivity index (χ0v) is 15.1. The molecule has 0 aliphatic heterocycles. The number of hydrogen-bond acceptors (Lipinski definition) is 0. The normalized spacial score (nSPS) is 33.7. The molecule has 2 rings (SSSR count). The fourth-order valence-corrected chi connectivity index (χ4v) is 4.75. The van der Waals surface area contributed by atoms with Crippen molar-refractivity contribution in [1.82, 2.24) is 0 Å². The summed E-state index contributed by atoms with van der Waals surface area (Å²) in [5, 5.41) is 0. The Bertz CT molecular complexity index is 288. The Hall–Kier alpha value is -0.520. The molecule has 0 bridgehead atoms. The first-order valence-electron chi connectivity index (χ1n) is 10.1. The van der Waals surface area contributed by atoms with Gasteiger partial charge in [0.2, 0.25) is 0 Å². The molecule has 0 unspecified atom stereocenters. The van der Waals surface area contributed by atoms with Crippen LogP contribution in [0.15, 0.2) is 24.3 Å². The summed E-state index contributed by atoms with van der Waals surface area (Å²) in [6.45, 7) is 4.33. The van der Waals surface area contributed by atoms with E-state index in [4.69, 9.17) is 0 Å². The van der Waals surface area contributed by atoms with Gasteiger partial charge in [0.05, 0.1) is 0 Å². The van der Waals surface area contributed by atoms with Crippen molar-refractivity contribution in [2.45, 2.75) is 90.9 Å². The van der Waals surface area contributed by atoms with Crippen molar-refractivity contribution in [2.75, 3.05) is 0 Å². The van der Waals surface area contributed by atoms with E-state index >= 15 is 0 Å². The minimum absolute atomic E-state index is 0.897. The van der Waals surface area contributed by atoms with Crippen molar-refractivity contribution in [2.24, 2.45) is 23.7 Å². The second kappa shape index (κ2) is 10.3. The quantitative estimate of drug-likeness (QED) is 0.341. The van der Waals surface area contributed by atoms with Crippen LogP contribution in [-0.2, 0) is 0 Å². The average molecular weight is 303 g/mol. The van der Waals surface area contributed by atoms with E-state index in [2.05, 4.69) is 38.2 Å². The van der Waals surface area contributed by atoms with Crippen LogP contribution in [0, 0.1) is 23.7 Å². The van der Waals surface area contributed by atoms with Gasteiger partial charge in [-0.2, -0.15) is 0 Å². The molecule has 22 heavy (non-hydrogen) atoms. The lowest BCUT2D eigenvalue weighted by atomic mass is 9.78. The molecule has 2 aliphatic carbocycles. The number of hydrogen-bond donors (Lipinski definition) is 0. The van der Waals surface area contributed by atoms with E-state index in [-0.39, 0.29) is 0 Å². The molecule has 0 atom stereocenters. The van der Waals surface area contributed by atoms with Crippen LogP contribution in [0.2, 0.25) is 0 Å². The summed E-state index contributed by atoms with van der Waals surface area (Å²) in [5.74, 6) is 3.89. The zero-order valence-electron chi connectivity index (χ0n) is 15.1. The Kier molecular flexibility index (Phi) is 8.34. The molecule has 0 saturated heterocycles. The number of allylic oxidation sites excluding steroid dienone is 4. The smallest absolute Gasteiger partial charge is 0.0233 e. The summed E-state index contributed by atoms with van der Waals surface area (Å²) in [5.41, 5.74) is 0. The van der Waals surface area contributed by atoms with Crippen LogP contribution in [0.1, 0.15) is 90.9 Å². The molecule has 0 amide bonds. The van der Waals surface area contributed by atoms with Crippen LogP contribution >= 0.6 is 0 Å². The molecule has 0 heteroatoms. The third-order valence-electron chi connectivity index (χ3n) is 6.19. The van der Waals surface area contributed by atoms with E-state index < -0.39 is 0 Å². The molecule has 126 valence electrons. The summed E-state index contributed by atoms with van der Waals surface area (Å²) in [7, 11) is 0. The Morgan fingerprint density at radius 2 is 0.955 bits per heavy atom. The van der Waals surface area contributed by atoms with Crippen molar-refractivity contribution in [3.05, 3.63) is 24.3 Å². The largest absolute Gasteiger partial charge is 0.0914 e. The first-order chi connectivity index (χ1) is 10.8. The van der Waals surface area contributed by atoms with Crippen molar-refractivity contribution < 1.29 is 0 Å². The van der Waals surface area contributed by atoms with Crippen LogP contribution in [0.5, 0.6) is 0 Å². The van der Waals surface area contributed by atoms with Crippen LogP contribution < -0.4 is 0 Å². The maximum absolute atomic E-state index is 2.43. The summed E-state index contributed by atoms with van der Waals surface area (Å²) < 4.78 is 0. The summed E-state index contributed by atoms with van der Waals surface area (Å²) in [6, 6.07) is 0. The molecule has 0 spiro atoms. The highest BCUT2D eigenvalue weighted by atomic mass is 14.3. The van der Waals surface area contributed by atoms with E-state index in [1.807, 2.05) is 0 Å². The van der Waals surface area contributed by atoms with Gasteiger partial charge < -0.3 is 0 Å². The molecule has 0 radical (unpaired) electrons.